The summed E-state index contributed by atoms with van der Waals surface area (Å²) in [5.74, 6) is -1.73. The molecule has 1 amide bonds. The lowest BCUT2D eigenvalue weighted by atomic mass is 9.96. The number of benzene rings is 1. The number of rotatable bonds is 9. The van der Waals surface area contributed by atoms with Crippen molar-refractivity contribution >= 4 is 23.2 Å². The van der Waals surface area contributed by atoms with Gasteiger partial charge in [-0.1, -0.05) is 30.3 Å². The van der Waals surface area contributed by atoms with Crippen molar-refractivity contribution in [2.75, 3.05) is 26.2 Å². The van der Waals surface area contributed by atoms with Gasteiger partial charge in [-0.3, -0.25) is 10.0 Å². The zero-order valence-corrected chi connectivity index (χ0v) is 20.5. The predicted octanol–water partition coefficient (Wildman–Crippen LogP) is 3.69. The van der Waals surface area contributed by atoms with E-state index in [0.717, 1.165) is 36.9 Å². The van der Waals surface area contributed by atoms with Crippen LogP contribution in [0.15, 0.2) is 36.5 Å². The molecule has 2 atom stereocenters. The molecule has 1 aliphatic heterocycles. The van der Waals surface area contributed by atoms with Gasteiger partial charge in [-0.05, 0) is 63.3 Å². The van der Waals surface area contributed by atoms with Gasteiger partial charge < -0.3 is 15.3 Å². The molecule has 1 saturated carbocycles. The molecule has 1 aromatic carbocycles. The molecule has 1 aliphatic carbocycles. The number of hydrogen-bond donors (Lipinski definition) is 4. The van der Waals surface area contributed by atoms with Crippen LogP contribution in [0.2, 0.25) is 0 Å². The molecule has 2 unspecified atom stereocenters. The number of carbonyl (C=O) groups excluding carboxylic acids is 1. The standard InChI is InChI=1S/C22H30N4O2S.C2HF3O2/c27-22(25-28)20-15-24-21(29-20)7-4-10-26-11-8-16(9-12-26)14-23-19-13-18(19)17-5-2-1-3-6-17;3-2(4,5)1(6)7/h1-3,5-6,15-16,18-19,23,28H,4,7-14H2,(H,25,27);(H,6,7). The monoisotopic (exact) mass is 528 g/mol. The van der Waals surface area contributed by atoms with Crippen molar-refractivity contribution in [2.24, 2.45) is 5.92 Å². The van der Waals surface area contributed by atoms with Gasteiger partial charge in [0.25, 0.3) is 5.91 Å². The third-order valence-electron chi connectivity index (χ3n) is 6.38. The molecule has 8 nitrogen and oxygen atoms in total. The van der Waals surface area contributed by atoms with Gasteiger partial charge in [0, 0.05) is 18.4 Å². The van der Waals surface area contributed by atoms with Gasteiger partial charge in [-0.2, -0.15) is 13.2 Å². The molecule has 2 fully saturated rings. The molecule has 12 heteroatoms. The van der Waals surface area contributed by atoms with E-state index in [1.807, 2.05) is 0 Å². The first-order valence-electron chi connectivity index (χ1n) is 11.9. The van der Waals surface area contributed by atoms with Crippen molar-refractivity contribution in [2.45, 2.75) is 50.2 Å². The molecule has 2 heterocycles. The molecule has 4 N–H and O–H groups in total. The van der Waals surface area contributed by atoms with Gasteiger partial charge >= 0.3 is 12.1 Å². The maximum Gasteiger partial charge on any atom is 0.490 e. The Hall–Kier alpha value is -2.54. The summed E-state index contributed by atoms with van der Waals surface area (Å²) in [7, 11) is 0. The van der Waals surface area contributed by atoms with E-state index >= 15 is 0 Å². The molecule has 2 aromatic rings. The van der Waals surface area contributed by atoms with E-state index in [0.29, 0.717) is 16.8 Å². The minimum atomic E-state index is -5.08. The molecule has 4 rings (SSSR count). The van der Waals surface area contributed by atoms with E-state index < -0.39 is 18.1 Å². The van der Waals surface area contributed by atoms with Crippen LogP contribution in [-0.4, -0.2) is 70.5 Å². The summed E-state index contributed by atoms with van der Waals surface area (Å²) >= 11 is 1.36. The number of carboxylic acids is 1. The van der Waals surface area contributed by atoms with E-state index in [2.05, 4.69) is 45.5 Å². The molecule has 2 aliphatic rings. The van der Waals surface area contributed by atoms with Gasteiger partial charge in [-0.25, -0.2) is 15.3 Å². The number of aromatic nitrogens is 1. The maximum absolute atomic E-state index is 11.4. The second kappa shape index (κ2) is 13.1. The number of aliphatic carboxylic acids is 1. The number of aryl methyl sites for hydroxylation is 1. The van der Waals surface area contributed by atoms with Gasteiger partial charge in [0.1, 0.15) is 4.88 Å². The normalized spacial score (nSPS) is 20.3. The Kier molecular flexibility index (Phi) is 10.2. The highest BCUT2D eigenvalue weighted by Gasteiger charge is 2.38. The average Bonchev–Trinajstić information content (AvgIpc) is 3.50. The van der Waals surface area contributed by atoms with Crippen molar-refractivity contribution in [3.63, 3.8) is 0 Å². The quantitative estimate of drug-likeness (QED) is 0.290. The minimum absolute atomic E-state index is 0.459. The van der Waals surface area contributed by atoms with Crippen LogP contribution in [0.1, 0.15) is 51.8 Å². The van der Waals surface area contributed by atoms with Crippen LogP contribution in [-0.2, 0) is 11.2 Å². The summed E-state index contributed by atoms with van der Waals surface area (Å²) in [6.07, 6.45) is 2.21. The zero-order chi connectivity index (χ0) is 26.1. The molecule has 0 spiro atoms. The summed E-state index contributed by atoms with van der Waals surface area (Å²) in [4.78, 5) is 27.5. The second-order valence-electron chi connectivity index (χ2n) is 9.02. The van der Waals surface area contributed by atoms with E-state index in [1.165, 1.54) is 55.4 Å². The Balaban J connectivity index is 0.000000454. The number of nitrogens with zero attached hydrogens (tertiary/aromatic N) is 2. The van der Waals surface area contributed by atoms with Crippen molar-refractivity contribution in [1.82, 2.24) is 20.7 Å². The number of carbonyl (C=O) groups is 2. The number of amides is 1. The topological polar surface area (TPSA) is 115 Å². The number of likely N-dealkylation sites (tertiary alicyclic amines) is 1. The summed E-state index contributed by atoms with van der Waals surface area (Å²) in [6, 6.07) is 11.5. The summed E-state index contributed by atoms with van der Waals surface area (Å²) in [5.41, 5.74) is 3.13. The van der Waals surface area contributed by atoms with Crippen molar-refractivity contribution in [3.05, 3.63) is 52.0 Å². The Morgan fingerprint density at radius 1 is 1.17 bits per heavy atom. The first-order chi connectivity index (χ1) is 17.2. The summed E-state index contributed by atoms with van der Waals surface area (Å²) in [6.45, 7) is 4.58. The van der Waals surface area contributed by atoms with E-state index in [-0.39, 0.29) is 0 Å². The zero-order valence-electron chi connectivity index (χ0n) is 19.7. The third-order valence-corrected chi connectivity index (χ3v) is 7.44. The highest BCUT2D eigenvalue weighted by Crippen LogP contribution is 2.40. The molecule has 1 aromatic heterocycles. The number of piperidine rings is 1. The molecule has 0 radical (unpaired) electrons. The van der Waals surface area contributed by atoms with Gasteiger partial charge in [0.2, 0.25) is 0 Å². The lowest BCUT2D eigenvalue weighted by molar-refractivity contribution is -0.192. The molecule has 0 bridgehead atoms. The summed E-state index contributed by atoms with van der Waals surface area (Å²) < 4.78 is 31.7. The first-order valence-corrected chi connectivity index (χ1v) is 12.7. The average molecular weight is 529 g/mol. The van der Waals surface area contributed by atoms with Crippen LogP contribution >= 0.6 is 11.3 Å². The largest absolute Gasteiger partial charge is 0.490 e. The van der Waals surface area contributed by atoms with Crippen LogP contribution in [0.3, 0.4) is 0 Å². The molecular weight excluding hydrogens is 497 g/mol. The Morgan fingerprint density at radius 3 is 2.44 bits per heavy atom. The van der Waals surface area contributed by atoms with Crippen molar-refractivity contribution in [3.8, 4) is 0 Å². The lowest BCUT2D eigenvalue weighted by Crippen LogP contribution is -2.38. The number of thiazole rings is 1. The number of alkyl halides is 3. The van der Waals surface area contributed by atoms with Crippen molar-refractivity contribution in [1.29, 1.82) is 0 Å². The van der Waals surface area contributed by atoms with Gasteiger partial charge in [-0.15, -0.1) is 11.3 Å². The Labute approximate surface area is 211 Å². The number of hydroxylamine groups is 1. The highest BCUT2D eigenvalue weighted by atomic mass is 32.1. The highest BCUT2D eigenvalue weighted by molar-refractivity contribution is 7.13. The second-order valence-corrected chi connectivity index (χ2v) is 10.1. The SMILES string of the molecule is O=C(NO)c1cnc(CCCN2CCC(CNC3CC3c3ccccc3)CC2)s1.O=C(O)C(F)(F)F. The Morgan fingerprint density at radius 2 is 1.83 bits per heavy atom. The first kappa shape index (κ1) is 28.0. The lowest BCUT2D eigenvalue weighted by Gasteiger charge is -2.32. The third kappa shape index (κ3) is 8.84. The van der Waals surface area contributed by atoms with E-state index in [9.17, 15) is 18.0 Å². The number of carboxylic acid groups (broad SMARTS) is 1. The van der Waals surface area contributed by atoms with Crippen LogP contribution in [0, 0.1) is 5.92 Å². The van der Waals surface area contributed by atoms with Crippen LogP contribution in [0.4, 0.5) is 13.2 Å². The van der Waals surface area contributed by atoms with E-state index in [4.69, 9.17) is 15.1 Å². The minimum Gasteiger partial charge on any atom is -0.475 e. The van der Waals surface area contributed by atoms with Crippen LogP contribution < -0.4 is 10.8 Å². The molecular formula is C24H31F3N4O4S. The fourth-order valence-electron chi connectivity index (χ4n) is 4.26. The van der Waals surface area contributed by atoms with Crippen LogP contribution in [0.5, 0.6) is 0 Å². The smallest absolute Gasteiger partial charge is 0.475 e. The van der Waals surface area contributed by atoms with Crippen LogP contribution in [0.25, 0.3) is 0 Å². The predicted molar refractivity (Wildman–Crippen MR) is 128 cm³/mol. The molecule has 36 heavy (non-hydrogen) atoms. The Bertz CT molecular complexity index is 981. The van der Waals surface area contributed by atoms with Gasteiger partial charge in [0.15, 0.2) is 0 Å². The van der Waals surface area contributed by atoms with Crippen molar-refractivity contribution < 1.29 is 33.1 Å². The summed E-state index contributed by atoms with van der Waals surface area (Å²) in [5, 5.41) is 20.5. The van der Waals surface area contributed by atoms with E-state index in [1.54, 1.807) is 5.48 Å². The number of nitrogens with one attached hydrogen (secondary N) is 2. The fourth-order valence-corrected chi connectivity index (χ4v) is 5.11. The number of hydrogen-bond acceptors (Lipinski definition) is 7. The fraction of sp³-hybridized carbons (Fsp3) is 0.542. The number of halogens is 3. The molecule has 198 valence electrons. The van der Waals surface area contributed by atoms with Gasteiger partial charge in [0.05, 0.1) is 11.2 Å². The maximum atomic E-state index is 11.4. The molecule has 1 saturated heterocycles.